The van der Waals surface area contributed by atoms with Crippen LogP contribution in [-0.2, 0) is 11.1 Å². The average Bonchev–Trinajstić information content (AvgIpc) is 2.29. The Morgan fingerprint density at radius 1 is 1.53 bits per heavy atom. The number of rotatable bonds is 5. The van der Waals surface area contributed by atoms with Gasteiger partial charge in [-0.15, -0.1) is 0 Å². The number of azide groups is 1. The van der Waals surface area contributed by atoms with Crippen LogP contribution in [0.3, 0.4) is 0 Å². The molecule has 0 spiro atoms. The first-order valence-corrected chi connectivity index (χ1v) is 6.27. The molecule has 0 saturated heterocycles. The van der Waals surface area contributed by atoms with Crippen molar-refractivity contribution in [3.05, 3.63) is 51.5 Å². The molecule has 0 aliphatic rings. The smallest absolute Gasteiger partial charge is 0.210 e. The Morgan fingerprint density at radius 3 is 2.71 bits per heavy atom. The third-order valence-electron chi connectivity index (χ3n) is 1.75. The molecule has 0 radical (unpaired) electrons. The predicted molar refractivity (Wildman–Crippen MR) is 67.8 cm³/mol. The van der Waals surface area contributed by atoms with Crippen molar-refractivity contribution in [1.29, 1.82) is 0 Å². The second-order valence-electron chi connectivity index (χ2n) is 3.01. The lowest BCUT2D eigenvalue weighted by Gasteiger charge is -2.05. The van der Waals surface area contributed by atoms with E-state index in [2.05, 4.69) is 10.0 Å². The van der Waals surface area contributed by atoms with Crippen molar-refractivity contribution >= 4 is 22.7 Å². The highest BCUT2D eigenvalue weighted by Crippen LogP contribution is 2.15. The van der Waals surface area contributed by atoms with E-state index in [-0.39, 0.29) is 11.4 Å². The van der Waals surface area contributed by atoms with Crippen LogP contribution in [0.1, 0.15) is 6.92 Å². The van der Waals surface area contributed by atoms with Crippen molar-refractivity contribution < 1.29 is 8.39 Å². The minimum Gasteiger partial charge on any atom is -0.400 e. The number of hydrogen-bond donors (Lipinski definition) is 0. The van der Waals surface area contributed by atoms with Gasteiger partial charge in [0.05, 0.1) is 5.75 Å². The van der Waals surface area contributed by atoms with Crippen molar-refractivity contribution in [1.82, 2.24) is 0 Å². The number of para-hydroxylation sites is 1. The van der Waals surface area contributed by atoms with Gasteiger partial charge in [0.2, 0.25) is 11.1 Å². The zero-order chi connectivity index (χ0) is 12.7. The minimum atomic E-state index is -1.63. The van der Waals surface area contributed by atoms with Gasteiger partial charge >= 0.3 is 0 Å². The summed E-state index contributed by atoms with van der Waals surface area (Å²) in [6.07, 6.45) is 0. The third-order valence-corrected chi connectivity index (χ3v) is 2.86. The fourth-order valence-electron chi connectivity index (χ4n) is 0.976. The van der Waals surface area contributed by atoms with Crippen LogP contribution >= 0.6 is 11.6 Å². The molecule has 0 aliphatic carbocycles. The van der Waals surface area contributed by atoms with Crippen molar-refractivity contribution in [2.75, 3.05) is 5.75 Å². The van der Waals surface area contributed by atoms with E-state index in [0.717, 1.165) is 0 Å². The van der Waals surface area contributed by atoms with Gasteiger partial charge in [0.1, 0.15) is 5.75 Å². The Labute approximate surface area is 106 Å². The number of benzene rings is 1. The highest BCUT2D eigenvalue weighted by Gasteiger charge is 2.07. The molecule has 17 heavy (non-hydrogen) atoms. The molecule has 7 heteroatoms. The fourth-order valence-corrected chi connectivity index (χ4v) is 2.04. The van der Waals surface area contributed by atoms with Gasteiger partial charge in [-0.2, -0.15) is 0 Å². The summed E-state index contributed by atoms with van der Waals surface area (Å²) >= 11 is 4.06. The molecule has 1 unspecified atom stereocenters. The molecule has 1 aromatic carbocycles. The number of hydrogen-bond acceptors (Lipinski definition) is 3. The van der Waals surface area contributed by atoms with Crippen LogP contribution in [0.4, 0.5) is 0 Å². The van der Waals surface area contributed by atoms with Crippen LogP contribution in [-0.4, -0.2) is 9.96 Å². The summed E-state index contributed by atoms with van der Waals surface area (Å²) in [6.45, 7) is 1.56. The Balaban J connectivity index is 2.67. The molecule has 0 aromatic heterocycles. The average molecular weight is 272 g/mol. The van der Waals surface area contributed by atoms with Gasteiger partial charge in [-0.25, -0.2) is 4.21 Å². The molecule has 0 bridgehead atoms. The maximum atomic E-state index is 11.6. The lowest BCUT2D eigenvalue weighted by Crippen LogP contribution is -2.07. The molecule has 0 amide bonds. The van der Waals surface area contributed by atoms with Gasteiger partial charge in [-0.3, -0.25) is 0 Å². The Kier molecular flexibility index (Phi) is 5.56. The predicted octanol–water partition coefficient (Wildman–Crippen LogP) is 3.51. The lowest BCUT2D eigenvalue weighted by atomic mass is 10.3. The molecular weight excluding hydrogens is 262 g/mol. The summed E-state index contributed by atoms with van der Waals surface area (Å²) in [5.74, 6) is 0.437. The maximum absolute atomic E-state index is 11.6. The molecule has 5 nitrogen and oxygen atoms in total. The van der Waals surface area contributed by atoms with Gasteiger partial charge in [0.25, 0.3) is 0 Å². The van der Waals surface area contributed by atoms with Crippen molar-refractivity contribution in [3.8, 4) is 5.75 Å². The van der Waals surface area contributed by atoms with E-state index < -0.39 is 11.1 Å². The molecule has 1 aromatic rings. The van der Waals surface area contributed by atoms with Crippen LogP contribution in [0.2, 0.25) is 0 Å². The lowest BCUT2D eigenvalue weighted by molar-refractivity contribution is 0.564. The molecule has 0 aliphatic heterocycles. The first-order valence-electron chi connectivity index (χ1n) is 4.65. The van der Waals surface area contributed by atoms with Gasteiger partial charge in [-0.1, -0.05) is 34.9 Å². The van der Waals surface area contributed by atoms with Crippen molar-refractivity contribution in [3.63, 3.8) is 0 Å². The first-order chi connectivity index (χ1) is 8.13. The van der Waals surface area contributed by atoms with E-state index in [9.17, 15) is 4.21 Å². The number of allylic oxidation sites excluding steroid dienone is 1. The summed E-state index contributed by atoms with van der Waals surface area (Å²) in [7, 11) is 0. The molecule has 90 valence electrons. The molecule has 1 atom stereocenters. The Morgan fingerprint density at radius 2 is 2.18 bits per heavy atom. The number of halogens is 1. The van der Waals surface area contributed by atoms with Crippen molar-refractivity contribution in [2.24, 2.45) is 5.11 Å². The van der Waals surface area contributed by atoms with Gasteiger partial charge < -0.3 is 4.18 Å². The second-order valence-corrected chi connectivity index (χ2v) is 4.64. The van der Waals surface area contributed by atoms with Crippen molar-refractivity contribution in [2.45, 2.75) is 6.92 Å². The van der Waals surface area contributed by atoms with Gasteiger partial charge in [0, 0.05) is 15.6 Å². The van der Waals surface area contributed by atoms with Crippen LogP contribution in [0, 0.1) is 0 Å². The SMILES string of the molecule is C/C(Cl)=C(/CS(=O)Oc1ccccc1)N=[N+]=[N-]. The topological polar surface area (TPSA) is 75.1 Å². The van der Waals surface area contributed by atoms with E-state index in [1.54, 1.807) is 31.2 Å². The summed E-state index contributed by atoms with van der Waals surface area (Å²) in [4.78, 5) is 2.61. The fraction of sp³-hybridized carbons (Fsp3) is 0.200. The normalized spacial score (nSPS) is 13.3. The number of nitrogens with zero attached hydrogens (tertiary/aromatic N) is 3. The van der Waals surface area contributed by atoms with Crippen LogP contribution in [0.25, 0.3) is 10.4 Å². The molecule has 0 heterocycles. The summed E-state index contributed by atoms with van der Waals surface area (Å²) in [6, 6.07) is 8.72. The van der Waals surface area contributed by atoms with Crippen LogP contribution in [0.5, 0.6) is 5.75 Å². The quantitative estimate of drug-likeness (QED) is 0.467. The monoisotopic (exact) mass is 271 g/mol. The molecule has 0 fully saturated rings. The minimum absolute atomic E-state index is 0.0473. The summed E-state index contributed by atoms with van der Waals surface area (Å²) in [5, 5.41) is 3.66. The highest BCUT2D eigenvalue weighted by atomic mass is 35.5. The van der Waals surface area contributed by atoms with Crippen LogP contribution < -0.4 is 4.18 Å². The molecule has 0 N–H and O–H groups in total. The first kappa shape index (κ1) is 13.6. The van der Waals surface area contributed by atoms with Gasteiger partial charge in [-0.05, 0) is 24.6 Å². The zero-order valence-corrected chi connectivity index (χ0v) is 10.6. The summed E-state index contributed by atoms with van der Waals surface area (Å²) in [5.41, 5.74) is 8.53. The van der Waals surface area contributed by atoms with E-state index in [0.29, 0.717) is 10.8 Å². The van der Waals surface area contributed by atoms with Gasteiger partial charge in [0.15, 0.2) is 0 Å². The second kappa shape index (κ2) is 6.96. The van der Waals surface area contributed by atoms with E-state index in [4.69, 9.17) is 21.3 Å². The van der Waals surface area contributed by atoms with Crippen LogP contribution in [0.15, 0.2) is 46.2 Å². The molecular formula is C10H10ClN3O2S. The molecule has 0 saturated carbocycles. The third kappa shape index (κ3) is 4.91. The van der Waals surface area contributed by atoms with E-state index >= 15 is 0 Å². The zero-order valence-electron chi connectivity index (χ0n) is 9.04. The van der Waals surface area contributed by atoms with E-state index in [1.165, 1.54) is 0 Å². The largest absolute Gasteiger partial charge is 0.400 e. The Hall–Kier alpha value is -1.49. The van der Waals surface area contributed by atoms with E-state index in [1.807, 2.05) is 6.07 Å². The Bertz CT molecular complexity index is 480. The standard InChI is InChI=1S/C10H10ClN3O2S/c1-8(11)10(13-14-12)7-17(15)16-9-5-3-2-4-6-9/h2-6H,7H2,1H3/b10-8+. The summed E-state index contributed by atoms with van der Waals surface area (Å²) < 4.78 is 16.8. The highest BCUT2D eigenvalue weighted by molar-refractivity contribution is 7.80. The maximum Gasteiger partial charge on any atom is 0.210 e. The molecule has 1 rings (SSSR count).